The van der Waals surface area contributed by atoms with E-state index < -0.39 is 5.60 Å². The number of methoxy groups -OCH3 is 1. The smallest absolute Gasteiger partial charge is 0.222 e. The Bertz CT molecular complexity index is 464. The Kier molecular flexibility index (Phi) is 6.25. The third-order valence-electron chi connectivity index (χ3n) is 4.40. The van der Waals surface area contributed by atoms with E-state index in [-0.39, 0.29) is 12.3 Å². The molecule has 1 aromatic rings. The lowest BCUT2D eigenvalue weighted by Gasteiger charge is -2.31. The van der Waals surface area contributed by atoms with Crippen molar-refractivity contribution in [2.45, 2.75) is 57.0 Å². The fourth-order valence-electron chi connectivity index (χ4n) is 3.06. The van der Waals surface area contributed by atoms with Crippen LogP contribution in [0.1, 0.15) is 50.5 Å². The van der Waals surface area contributed by atoms with Crippen LogP contribution in [0.25, 0.3) is 0 Å². The van der Waals surface area contributed by atoms with Gasteiger partial charge in [0.15, 0.2) is 0 Å². The molecule has 1 fully saturated rings. The van der Waals surface area contributed by atoms with E-state index in [1.54, 1.807) is 7.11 Å². The van der Waals surface area contributed by atoms with Gasteiger partial charge in [-0.25, -0.2) is 0 Å². The fourth-order valence-corrected chi connectivity index (χ4v) is 3.06. The Hall–Kier alpha value is -1.55. The van der Waals surface area contributed by atoms with Crippen molar-refractivity contribution >= 4 is 5.91 Å². The van der Waals surface area contributed by atoms with Gasteiger partial charge in [0.25, 0.3) is 0 Å². The molecule has 2 rings (SSSR count). The molecular formula is C18H27NO3. The van der Waals surface area contributed by atoms with Crippen LogP contribution < -0.4 is 10.1 Å². The quantitative estimate of drug-likeness (QED) is 0.762. The molecule has 1 saturated carbocycles. The van der Waals surface area contributed by atoms with Gasteiger partial charge in [-0.2, -0.15) is 0 Å². The molecule has 1 aliphatic rings. The van der Waals surface area contributed by atoms with E-state index in [1.165, 1.54) is 12.0 Å². The number of rotatable bonds is 7. The van der Waals surface area contributed by atoms with Crippen LogP contribution >= 0.6 is 0 Å². The molecule has 1 aromatic carbocycles. The first-order valence-electron chi connectivity index (χ1n) is 8.23. The van der Waals surface area contributed by atoms with E-state index in [1.807, 2.05) is 24.3 Å². The van der Waals surface area contributed by atoms with E-state index in [0.29, 0.717) is 6.54 Å². The first-order valence-corrected chi connectivity index (χ1v) is 8.23. The minimum Gasteiger partial charge on any atom is -0.497 e. The Morgan fingerprint density at radius 3 is 2.55 bits per heavy atom. The molecule has 4 heteroatoms. The van der Waals surface area contributed by atoms with Crippen LogP contribution in [-0.2, 0) is 11.2 Å². The van der Waals surface area contributed by atoms with Crippen LogP contribution in [0.2, 0.25) is 0 Å². The largest absolute Gasteiger partial charge is 0.497 e. The number of aliphatic hydroxyl groups is 1. The van der Waals surface area contributed by atoms with E-state index in [4.69, 9.17) is 4.74 Å². The summed E-state index contributed by atoms with van der Waals surface area (Å²) in [4.78, 5) is 11.9. The third-order valence-corrected chi connectivity index (χ3v) is 4.40. The highest BCUT2D eigenvalue weighted by Gasteiger charge is 2.31. The summed E-state index contributed by atoms with van der Waals surface area (Å²) in [6, 6.07) is 8.00. The summed E-state index contributed by atoms with van der Waals surface area (Å²) >= 11 is 0. The molecule has 22 heavy (non-hydrogen) atoms. The second-order valence-corrected chi connectivity index (χ2v) is 6.26. The topological polar surface area (TPSA) is 58.6 Å². The SMILES string of the molecule is COc1ccc(CCCNC(=O)CC2(O)CCCCC2)cc1. The highest BCUT2D eigenvalue weighted by atomic mass is 16.5. The van der Waals surface area contributed by atoms with Crippen molar-refractivity contribution < 1.29 is 14.6 Å². The van der Waals surface area contributed by atoms with Gasteiger partial charge in [0.1, 0.15) is 5.75 Å². The Morgan fingerprint density at radius 2 is 1.91 bits per heavy atom. The van der Waals surface area contributed by atoms with Crippen molar-refractivity contribution in [3.05, 3.63) is 29.8 Å². The maximum Gasteiger partial charge on any atom is 0.222 e. The first-order chi connectivity index (χ1) is 10.6. The van der Waals surface area contributed by atoms with E-state index in [0.717, 1.165) is 44.3 Å². The zero-order valence-electron chi connectivity index (χ0n) is 13.4. The van der Waals surface area contributed by atoms with Crippen molar-refractivity contribution in [2.75, 3.05) is 13.7 Å². The number of nitrogens with one attached hydrogen (secondary N) is 1. The number of hydrogen-bond donors (Lipinski definition) is 2. The van der Waals surface area contributed by atoms with Crippen molar-refractivity contribution in [1.82, 2.24) is 5.32 Å². The van der Waals surface area contributed by atoms with Gasteiger partial charge in [-0.15, -0.1) is 0 Å². The van der Waals surface area contributed by atoms with Crippen LogP contribution in [0.15, 0.2) is 24.3 Å². The van der Waals surface area contributed by atoms with Crippen molar-refractivity contribution in [2.24, 2.45) is 0 Å². The van der Waals surface area contributed by atoms with Crippen molar-refractivity contribution in [3.8, 4) is 5.75 Å². The van der Waals surface area contributed by atoms with Gasteiger partial charge in [-0.3, -0.25) is 4.79 Å². The molecule has 0 heterocycles. The molecule has 122 valence electrons. The predicted molar refractivity (Wildman–Crippen MR) is 87.0 cm³/mol. The highest BCUT2D eigenvalue weighted by Crippen LogP contribution is 2.30. The lowest BCUT2D eigenvalue weighted by atomic mass is 9.82. The van der Waals surface area contributed by atoms with Gasteiger partial charge in [0.05, 0.1) is 19.1 Å². The number of ether oxygens (including phenoxy) is 1. The molecule has 0 saturated heterocycles. The number of benzene rings is 1. The molecule has 2 N–H and O–H groups in total. The van der Waals surface area contributed by atoms with Gasteiger partial charge in [-0.05, 0) is 43.4 Å². The second-order valence-electron chi connectivity index (χ2n) is 6.26. The number of amides is 1. The minimum atomic E-state index is -0.766. The third kappa shape index (κ3) is 5.34. The molecule has 0 radical (unpaired) electrons. The summed E-state index contributed by atoms with van der Waals surface area (Å²) < 4.78 is 5.13. The van der Waals surface area contributed by atoms with Crippen LogP contribution in [0.3, 0.4) is 0 Å². The summed E-state index contributed by atoms with van der Waals surface area (Å²) in [5.74, 6) is 0.830. The maximum atomic E-state index is 11.9. The Morgan fingerprint density at radius 1 is 1.23 bits per heavy atom. The fraction of sp³-hybridized carbons (Fsp3) is 0.611. The molecule has 0 bridgehead atoms. The van der Waals surface area contributed by atoms with E-state index in [9.17, 15) is 9.90 Å². The number of hydrogen-bond acceptors (Lipinski definition) is 3. The standard InChI is InChI=1S/C18H27NO3/c1-22-16-9-7-15(8-10-16)6-5-13-19-17(20)14-18(21)11-3-2-4-12-18/h7-10,21H,2-6,11-14H2,1H3,(H,19,20). The van der Waals surface area contributed by atoms with Crippen LogP contribution in [0.4, 0.5) is 0 Å². The molecule has 0 aromatic heterocycles. The molecule has 0 atom stereocenters. The average Bonchev–Trinajstić information content (AvgIpc) is 2.52. The van der Waals surface area contributed by atoms with Crippen molar-refractivity contribution in [1.29, 1.82) is 0 Å². The summed E-state index contributed by atoms with van der Waals surface area (Å²) in [6.07, 6.45) is 6.81. The molecule has 1 amide bonds. The average molecular weight is 305 g/mol. The minimum absolute atomic E-state index is 0.0286. The first kappa shape index (κ1) is 16.8. The van der Waals surface area contributed by atoms with Gasteiger partial charge < -0.3 is 15.2 Å². The number of aryl methyl sites for hydroxylation is 1. The second kappa shape index (κ2) is 8.18. The molecule has 0 spiro atoms. The molecule has 0 unspecified atom stereocenters. The summed E-state index contributed by atoms with van der Waals surface area (Å²) in [5, 5.41) is 13.3. The molecule has 1 aliphatic carbocycles. The van der Waals surface area contributed by atoms with Crippen molar-refractivity contribution in [3.63, 3.8) is 0 Å². The van der Waals surface area contributed by atoms with Gasteiger partial charge in [0, 0.05) is 6.54 Å². The molecule has 0 aliphatic heterocycles. The van der Waals surface area contributed by atoms with Crippen LogP contribution in [-0.4, -0.2) is 30.3 Å². The normalized spacial score (nSPS) is 17.0. The van der Waals surface area contributed by atoms with Crippen LogP contribution in [0.5, 0.6) is 5.75 Å². The number of carbonyl (C=O) groups is 1. The lowest BCUT2D eigenvalue weighted by molar-refractivity contribution is -0.127. The van der Waals surface area contributed by atoms with E-state index in [2.05, 4.69) is 5.32 Å². The Labute approximate surface area is 132 Å². The molecule has 4 nitrogen and oxygen atoms in total. The summed E-state index contributed by atoms with van der Waals surface area (Å²) in [6.45, 7) is 0.654. The lowest BCUT2D eigenvalue weighted by Crippen LogP contribution is -2.38. The zero-order valence-corrected chi connectivity index (χ0v) is 13.4. The maximum absolute atomic E-state index is 11.9. The molecular weight excluding hydrogens is 278 g/mol. The highest BCUT2D eigenvalue weighted by molar-refractivity contribution is 5.77. The zero-order chi connectivity index (χ0) is 15.8. The van der Waals surface area contributed by atoms with Gasteiger partial charge >= 0.3 is 0 Å². The Balaban J connectivity index is 1.64. The summed E-state index contributed by atoms with van der Waals surface area (Å²) in [5.41, 5.74) is 0.471. The van der Waals surface area contributed by atoms with Gasteiger partial charge in [0.2, 0.25) is 5.91 Å². The van der Waals surface area contributed by atoms with Gasteiger partial charge in [-0.1, -0.05) is 31.4 Å². The number of carbonyl (C=O) groups excluding carboxylic acids is 1. The summed E-state index contributed by atoms with van der Waals surface area (Å²) in [7, 11) is 1.66. The monoisotopic (exact) mass is 305 g/mol. The predicted octanol–water partition coefficient (Wildman–Crippen LogP) is 2.83. The van der Waals surface area contributed by atoms with E-state index >= 15 is 0 Å². The van der Waals surface area contributed by atoms with Crippen LogP contribution in [0, 0.1) is 0 Å².